The van der Waals surface area contributed by atoms with Crippen LogP contribution in [0.5, 0.6) is 0 Å². The molecule has 1 aromatic rings. The van der Waals surface area contributed by atoms with E-state index in [0.29, 0.717) is 17.4 Å². The van der Waals surface area contributed by atoms with Crippen LogP contribution in [-0.4, -0.2) is 18.6 Å². The van der Waals surface area contributed by atoms with Crippen LogP contribution < -0.4 is 5.32 Å². The van der Waals surface area contributed by atoms with Gasteiger partial charge in [-0.3, -0.25) is 0 Å². The molecule has 20 heavy (non-hydrogen) atoms. The zero-order chi connectivity index (χ0) is 14.3. The molecule has 0 aliphatic heterocycles. The van der Waals surface area contributed by atoms with Gasteiger partial charge in [0.15, 0.2) is 0 Å². The van der Waals surface area contributed by atoms with Crippen LogP contribution in [0.3, 0.4) is 0 Å². The van der Waals surface area contributed by atoms with Gasteiger partial charge in [0.05, 0.1) is 5.69 Å². The first-order valence-corrected chi connectivity index (χ1v) is 8.61. The van der Waals surface area contributed by atoms with Gasteiger partial charge in [0.1, 0.15) is 11.1 Å². The molecule has 1 aromatic heterocycles. The predicted molar refractivity (Wildman–Crippen MR) is 83.1 cm³/mol. The van der Waals surface area contributed by atoms with E-state index in [1.807, 2.05) is 18.4 Å². The lowest BCUT2D eigenvalue weighted by Crippen LogP contribution is -2.32. The molecular weight excluding hydrogens is 268 g/mol. The van der Waals surface area contributed by atoms with Gasteiger partial charge < -0.3 is 10.1 Å². The zero-order valence-electron chi connectivity index (χ0n) is 13.0. The largest absolute Gasteiger partial charge is 0.374 e. The van der Waals surface area contributed by atoms with E-state index in [1.54, 1.807) is 0 Å². The average Bonchev–Trinajstić information content (AvgIpc) is 3.10. The first kappa shape index (κ1) is 14.5. The lowest BCUT2D eigenvalue weighted by molar-refractivity contribution is 0.0841. The topological polar surface area (TPSA) is 34.2 Å². The third-order valence-corrected chi connectivity index (χ3v) is 5.73. The van der Waals surface area contributed by atoms with Crippen molar-refractivity contribution in [2.75, 3.05) is 13.7 Å². The van der Waals surface area contributed by atoms with E-state index in [1.165, 1.54) is 34.8 Å². The average molecular weight is 294 g/mol. The maximum absolute atomic E-state index is 5.71. The fourth-order valence-corrected chi connectivity index (χ4v) is 4.71. The standard InChI is InChI=1S/C16H26N2OS/c1-5-17-11-8-16(2,3)9-12-14(11)20-15(18-12)13(19-4)10-6-7-10/h10-11,13,17H,5-9H2,1-4H3. The Morgan fingerprint density at radius 1 is 1.45 bits per heavy atom. The molecule has 0 bridgehead atoms. The van der Waals surface area contributed by atoms with Crippen molar-refractivity contribution in [3.8, 4) is 0 Å². The van der Waals surface area contributed by atoms with E-state index in [0.717, 1.165) is 13.0 Å². The van der Waals surface area contributed by atoms with Crippen molar-refractivity contribution in [1.82, 2.24) is 10.3 Å². The van der Waals surface area contributed by atoms with Crippen LogP contribution in [0.15, 0.2) is 0 Å². The third-order valence-electron chi connectivity index (χ3n) is 4.46. The molecule has 0 amide bonds. The second kappa shape index (κ2) is 5.39. The maximum atomic E-state index is 5.71. The maximum Gasteiger partial charge on any atom is 0.122 e. The summed E-state index contributed by atoms with van der Waals surface area (Å²) >= 11 is 1.89. The molecule has 2 aliphatic rings. The van der Waals surface area contributed by atoms with Crippen molar-refractivity contribution in [3.05, 3.63) is 15.6 Å². The Morgan fingerprint density at radius 3 is 2.80 bits per heavy atom. The summed E-state index contributed by atoms with van der Waals surface area (Å²) in [6.45, 7) is 7.91. The Kier molecular flexibility index (Phi) is 3.91. The molecule has 1 heterocycles. The Labute approximate surface area is 126 Å². The van der Waals surface area contributed by atoms with Crippen molar-refractivity contribution in [3.63, 3.8) is 0 Å². The minimum absolute atomic E-state index is 0.232. The number of hydrogen-bond donors (Lipinski definition) is 1. The molecule has 2 atom stereocenters. The number of fused-ring (bicyclic) bond motifs is 1. The second-order valence-electron chi connectivity index (χ2n) is 7.01. The summed E-state index contributed by atoms with van der Waals surface area (Å²) in [7, 11) is 1.83. The highest BCUT2D eigenvalue weighted by molar-refractivity contribution is 7.12. The first-order chi connectivity index (χ1) is 9.54. The van der Waals surface area contributed by atoms with Gasteiger partial charge in [-0.05, 0) is 43.6 Å². The molecule has 3 nitrogen and oxygen atoms in total. The molecule has 0 saturated heterocycles. The number of rotatable bonds is 5. The van der Waals surface area contributed by atoms with Crippen LogP contribution in [0.1, 0.15) is 67.8 Å². The van der Waals surface area contributed by atoms with Crippen molar-refractivity contribution >= 4 is 11.3 Å². The smallest absolute Gasteiger partial charge is 0.122 e. The van der Waals surface area contributed by atoms with Crippen LogP contribution >= 0.6 is 11.3 Å². The van der Waals surface area contributed by atoms with Crippen LogP contribution in [0, 0.1) is 11.3 Å². The number of nitrogens with one attached hydrogen (secondary N) is 1. The van der Waals surface area contributed by atoms with Gasteiger partial charge in [0.25, 0.3) is 0 Å². The fraction of sp³-hybridized carbons (Fsp3) is 0.812. The molecular formula is C16H26N2OS. The minimum atomic E-state index is 0.232. The monoisotopic (exact) mass is 294 g/mol. The molecule has 0 aromatic carbocycles. The normalized spacial score (nSPS) is 26.3. The number of methoxy groups -OCH3 is 1. The van der Waals surface area contributed by atoms with Gasteiger partial charge in [0, 0.05) is 18.0 Å². The number of nitrogens with zero attached hydrogens (tertiary/aromatic N) is 1. The molecule has 2 unspecified atom stereocenters. The number of aromatic nitrogens is 1. The quantitative estimate of drug-likeness (QED) is 0.895. The number of thiazole rings is 1. The minimum Gasteiger partial charge on any atom is -0.374 e. The van der Waals surface area contributed by atoms with E-state index >= 15 is 0 Å². The SMILES string of the molecule is CCNC1CC(C)(C)Cc2nc(C(OC)C3CC3)sc21. The Balaban J connectivity index is 1.91. The molecule has 0 radical (unpaired) electrons. The van der Waals surface area contributed by atoms with Gasteiger partial charge in [-0.25, -0.2) is 4.98 Å². The van der Waals surface area contributed by atoms with Gasteiger partial charge in [-0.15, -0.1) is 11.3 Å². The highest BCUT2D eigenvalue weighted by Crippen LogP contribution is 2.48. The van der Waals surface area contributed by atoms with Crippen molar-refractivity contribution < 1.29 is 4.74 Å². The Hall–Kier alpha value is -0.450. The lowest BCUT2D eigenvalue weighted by Gasteiger charge is -2.34. The second-order valence-corrected chi connectivity index (χ2v) is 8.07. The molecule has 112 valence electrons. The highest BCUT2D eigenvalue weighted by atomic mass is 32.1. The number of ether oxygens (including phenoxy) is 1. The van der Waals surface area contributed by atoms with E-state index in [9.17, 15) is 0 Å². The number of hydrogen-bond acceptors (Lipinski definition) is 4. The first-order valence-electron chi connectivity index (χ1n) is 7.79. The van der Waals surface area contributed by atoms with Gasteiger partial charge in [-0.2, -0.15) is 0 Å². The van der Waals surface area contributed by atoms with E-state index in [-0.39, 0.29) is 6.10 Å². The highest BCUT2D eigenvalue weighted by Gasteiger charge is 2.39. The summed E-state index contributed by atoms with van der Waals surface area (Å²) in [4.78, 5) is 6.43. The Morgan fingerprint density at radius 2 is 2.20 bits per heavy atom. The molecule has 1 N–H and O–H groups in total. The van der Waals surface area contributed by atoms with Crippen LogP contribution in [-0.2, 0) is 11.2 Å². The zero-order valence-corrected chi connectivity index (χ0v) is 13.8. The van der Waals surface area contributed by atoms with Crippen molar-refractivity contribution in [1.29, 1.82) is 0 Å². The molecule has 1 saturated carbocycles. The van der Waals surface area contributed by atoms with Crippen LogP contribution in [0.4, 0.5) is 0 Å². The van der Waals surface area contributed by atoms with Crippen molar-refractivity contribution in [2.24, 2.45) is 11.3 Å². The van der Waals surface area contributed by atoms with Crippen molar-refractivity contribution in [2.45, 2.75) is 58.6 Å². The molecule has 2 aliphatic carbocycles. The summed E-state index contributed by atoms with van der Waals surface area (Å²) in [6.07, 6.45) is 5.13. The molecule has 0 spiro atoms. The predicted octanol–water partition coefficient (Wildman–Crippen LogP) is 3.86. The lowest BCUT2D eigenvalue weighted by atomic mass is 9.76. The molecule has 1 fully saturated rings. The Bertz CT molecular complexity index is 479. The summed E-state index contributed by atoms with van der Waals surface area (Å²) in [5.41, 5.74) is 1.66. The van der Waals surface area contributed by atoms with E-state index < -0.39 is 0 Å². The summed E-state index contributed by atoms with van der Waals surface area (Å²) < 4.78 is 5.71. The van der Waals surface area contributed by atoms with E-state index in [4.69, 9.17) is 9.72 Å². The van der Waals surface area contributed by atoms with Crippen LogP contribution in [0.2, 0.25) is 0 Å². The van der Waals surface area contributed by atoms with E-state index in [2.05, 4.69) is 26.1 Å². The van der Waals surface area contributed by atoms with Crippen LogP contribution in [0.25, 0.3) is 0 Å². The molecule has 3 rings (SSSR count). The molecule has 4 heteroatoms. The summed E-state index contributed by atoms with van der Waals surface area (Å²) in [6, 6.07) is 0.474. The van der Waals surface area contributed by atoms with Gasteiger partial charge in [-0.1, -0.05) is 20.8 Å². The summed E-state index contributed by atoms with van der Waals surface area (Å²) in [5, 5.41) is 4.85. The third kappa shape index (κ3) is 2.78. The fourth-order valence-electron chi connectivity index (χ4n) is 3.38. The van der Waals surface area contributed by atoms with Gasteiger partial charge >= 0.3 is 0 Å². The summed E-state index contributed by atoms with van der Waals surface area (Å²) in [5.74, 6) is 0.707. The van der Waals surface area contributed by atoms with Gasteiger partial charge in [0.2, 0.25) is 0 Å².